The van der Waals surface area contributed by atoms with E-state index in [9.17, 15) is 14.0 Å². The van der Waals surface area contributed by atoms with Crippen LogP contribution in [-0.4, -0.2) is 55.2 Å². The molecule has 1 saturated heterocycles. The largest absolute Gasteiger partial charge is 0.481 e. The first-order chi connectivity index (χ1) is 11.0. The molecular formula is C16H22FN3O3. The van der Waals surface area contributed by atoms with Crippen LogP contribution in [0.3, 0.4) is 0 Å². The van der Waals surface area contributed by atoms with Crippen LogP contribution in [0.2, 0.25) is 0 Å². The number of hydrogen-bond donors (Lipinski definition) is 2. The van der Waals surface area contributed by atoms with Gasteiger partial charge in [0.2, 0.25) is 0 Å². The van der Waals surface area contributed by atoms with Crippen molar-refractivity contribution >= 4 is 17.7 Å². The summed E-state index contributed by atoms with van der Waals surface area (Å²) in [4.78, 5) is 25.9. The van der Waals surface area contributed by atoms with Gasteiger partial charge in [0.15, 0.2) is 0 Å². The van der Waals surface area contributed by atoms with E-state index in [4.69, 9.17) is 5.11 Å². The first-order valence-corrected chi connectivity index (χ1v) is 7.67. The molecule has 0 bridgehead atoms. The highest BCUT2D eigenvalue weighted by molar-refractivity contribution is 5.75. The van der Waals surface area contributed by atoms with E-state index < -0.39 is 5.97 Å². The van der Waals surface area contributed by atoms with Gasteiger partial charge in [0, 0.05) is 38.9 Å². The van der Waals surface area contributed by atoms with E-state index in [0.29, 0.717) is 12.5 Å². The summed E-state index contributed by atoms with van der Waals surface area (Å²) in [7, 11) is 1.58. The summed E-state index contributed by atoms with van der Waals surface area (Å²) < 4.78 is 12.9. The maximum Gasteiger partial charge on any atom is 0.317 e. The summed E-state index contributed by atoms with van der Waals surface area (Å²) in [6.45, 7) is 2.42. The molecule has 0 spiro atoms. The summed E-state index contributed by atoms with van der Waals surface area (Å²) in [5, 5.41) is 11.5. The molecule has 6 nitrogen and oxygen atoms in total. The Morgan fingerprint density at radius 1 is 1.39 bits per heavy atom. The van der Waals surface area contributed by atoms with Gasteiger partial charge in [-0.15, -0.1) is 0 Å². The number of aliphatic carboxylic acids is 1. The van der Waals surface area contributed by atoms with Gasteiger partial charge < -0.3 is 20.2 Å². The molecule has 2 rings (SSSR count). The van der Waals surface area contributed by atoms with E-state index >= 15 is 0 Å². The molecule has 0 radical (unpaired) electrons. The molecule has 1 heterocycles. The monoisotopic (exact) mass is 323 g/mol. The van der Waals surface area contributed by atoms with Crippen molar-refractivity contribution in [3.63, 3.8) is 0 Å². The lowest BCUT2D eigenvalue weighted by Gasteiger charge is -2.20. The fourth-order valence-corrected chi connectivity index (χ4v) is 2.62. The number of nitrogens with one attached hydrogen (secondary N) is 1. The van der Waals surface area contributed by atoms with Crippen molar-refractivity contribution in [3.8, 4) is 0 Å². The van der Waals surface area contributed by atoms with Crippen LogP contribution in [0.5, 0.6) is 0 Å². The lowest BCUT2D eigenvalue weighted by molar-refractivity contribution is -0.137. The number of nitrogens with zero attached hydrogens (tertiary/aromatic N) is 2. The van der Waals surface area contributed by atoms with Crippen molar-refractivity contribution in [1.29, 1.82) is 0 Å². The van der Waals surface area contributed by atoms with Gasteiger partial charge in [-0.05, 0) is 36.6 Å². The van der Waals surface area contributed by atoms with Gasteiger partial charge >= 0.3 is 12.0 Å². The van der Waals surface area contributed by atoms with Crippen LogP contribution in [-0.2, 0) is 4.79 Å². The first kappa shape index (κ1) is 17.1. The lowest BCUT2D eigenvalue weighted by Crippen LogP contribution is -2.40. The number of amides is 2. The Labute approximate surface area is 134 Å². The molecule has 1 aromatic carbocycles. The predicted octanol–water partition coefficient (Wildman–Crippen LogP) is 1.77. The Hall–Kier alpha value is -2.31. The van der Waals surface area contributed by atoms with Crippen LogP contribution in [0.1, 0.15) is 12.8 Å². The second kappa shape index (κ2) is 7.80. The number of carboxylic acid groups (broad SMARTS) is 1. The van der Waals surface area contributed by atoms with Crippen molar-refractivity contribution < 1.29 is 19.1 Å². The fraction of sp³-hybridized carbons (Fsp3) is 0.500. The van der Waals surface area contributed by atoms with Crippen LogP contribution in [0.15, 0.2) is 24.3 Å². The van der Waals surface area contributed by atoms with E-state index in [-0.39, 0.29) is 24.8 Å². The number of carbonyl (C=O) groups excluding carboxylic acids is 1. The molecule has 1 atom stereocenters. The Bertz CT molecular complexity index is 550. The zero-order valence-corrected chi connectivity index (χ0v) is 13.2. The topological polar surface area (TPSA) is 72.9 Å². The molecule has 1 aromatic rings. The second-order valence-corrected chi connectivity index (χ2v) is 5.83. The van der Waals surface area contributed by atoms with Crippen molar-refractivity contribution in [1.82, 2.24) is 10.2 Å². The molecule has 1 aliphatic rings. The van der Waals surface area contributed by atoms with Crippen molar-refractivity contribution in [2.75, 3.05) is 38.1 Å². The third-order valence-corrected chi connectivity index (χ3v) is 4.03. The van der Waals surface area contributed by atoms with E-state index in [1.54, 1.807) is 19.2 Å². The molecule has 2 amide bonds. The molecule has 23 heavy (non-hydrogen) atoms. The van der Waals surface area contributed by atoms with Gasteiger partial charge in [-0.25, -0.2) is 9.18 Å². The second-order valence-electron chi connectivity index (χ2n) is 5.83. The van der Waals surface area contributed by atoms with Gasteiger partial charge in [0.05, 0.1) is 6.42 Å². The number of carbonyl (C=O) groups is 2. The van der Waals surface area contributed by atoms with Gasteiger partial charge in [-0.2, -0.15) is 0 Å². The number of benzene rings is 1. The van der Waals surface area contributed by atoms with Gasteiger partial charge in [0.1, 0.15) is 5.82 Å². The van der Waals surface area contributed by atoms with E-state index in [1.165, 1.54) is 17.0 Å². The van der Waals surface area contributed by atoms with Crippen LogP contribution in [0, 0.1) is 11.7 Å². The first-order valence-electron chi connectivity index (χ1n) is 7.67. The zero-order chi connectivity index (χ0) is 16.8. The molecule has 2 N–H and O–H groups in total. The van der Waals surface area contributed by atoms with E-state index in [0.717, 1.165) is 25.2 Å². The van der Waals surface area contributed by atoms with Gasteiger partial charge in [0.25, 0.3) is 0 Å². The maximum absolute atomic E-state index is 12.9. The highest BCUT2D eigenvalue weighted by Crippen LogP contribution is 2.23. The Morgan fingerprint density at radius 2 is 2.09 bits per heavy atom. The molecule has 126 valence electrons. The number of rotatable bonds is 6. The Kier molecular flexibility index (Phi) is 5.78. The Balaban J connectivity index is 1.74. The molecule has 0 aromatic heterocycles. The smallest absolute Gasteiger partial charge is 0.317 e. The summed E-state index contributed by atoms with van der Waals surface area (Å²) in [6.07, 6.45) is 0.891. The average molecular weight is 323 g/mol. The van der Waals surface area contributed by atoms with Crippen molar-refractivity contribution in [2.24, 2.45) is 5.92 Å². The molecule has 0 aliphatic carbocycles. The number of hydrogen-bond acceptors (Lipinski definition) is 3. The van der Waals surface area contributed by atoms with Crippen molar-refractivity contribution in [2.45, 2.75) is 12.8 Å². The quantitative estimate of drug-likeness (QED) is 0.837. The summed E-state index contributed by atoms with van der Waals surface area (Å²) in [5.74, 6) is -0.839. The zero-order valence-electron chi connectivity index (χ0n) is 13.2. The van der Waals surface area contributed by atoms with Crippen LogP contribution < -0.4 is 10.2 Å². The fourth-order valence-electron chi connectivity index (χ4n) is 2.62. The third kappa shape index (κ3) is 5.12. The summed E-state index contributed by atoms with van der Waals surface area (Å²) >= 11 is 0. The number of halogens is 1. The molecule has 1 fully saturated rings. The highest BCUT2D eigenvalue weighted by atomic mass is 19.1. The molecule has 1 unspecified atom stereocenters. The SMILES string of the molecule is CN(CCC(=O)O)C(=O)NCC1CCN(c2ccc(F)cc2)C1. The molecule has 7 heteroatoms. The molecule has 0 saturated carbocycles. The van der Waals surface area contributed by atoms with E-state index in [1.807, 2.05) is 0 Å². The van der Waals surface area contributed by atoms with Gasteiger partial charge in [-0.3, -0.25) is 4.79 Å². The average Bonchev–Trinajstić information content (AvgIpc) is 2.99. The highest BCUT2D eigenvalue weighted by Gasteiger charge is 2.23. The van der Waals surface area contributed by atoms with Crippen LogP contribution >= 0.6 is 0 Å². The van der Waals surface area contributed by atoms with Crippen LogP contribution in [0.4, 0.5) is 14.9 Å². The summed E-state index contributed by atoms with van der Waals surface area (Å²) in [5.41, 5.74) is 0.985. The minimum absolute atomic E-state index is 0.0638. The van der Waals surface area contributed by atoms with E-state index in [2.05, 4.69) is 10.2 Å². The number of urea groups is 1. The minimum atomic E-state index is -0.921. The maximum atomic E-state index is 12.9. The van der Waals surface area contributed by atoms with Crippen molar-refractivity contribution in [3.05, 3.63) is 30.1 Å². The normalized spacial score (nSPS) is 17.1. The predicted molar refractivity (Wildman–Crippen MR) is 85.0 cm³/mol. The minimum Gasteiger partial charge on any atom is -0.481 e. The lowest BCUT2D eigenvalue weighted by atomic mass is 10.1. The van der Waals surface area contributed by atoms with Gasteiger partial charge in [-0.1, -0.05) is 0 Å². The molecular weight excluding hydrogens is 301 g/mol. The Morgan fingerprint density at radius 3 is 2.74 bits per heavy atom. The summed E-state index contributed by atoms with van der Waals surface area (Å²) in [6, 6.07) is 6.15. The third-order valence-electron chi connectivity index (χ3n) is 4.03. The number of carboxylic acids is 1. The standard InChI is InChI=1S/C16H22FN3O3/c1-19(8-7-15(21)22)16(23)18-10-12-6-9-20(11-12)14-4-2-13(17)3-5-14/h2-5,12H,6-11H2,1H3,(H,18,23)(H,21,22). The number of anilines is 1. The molecule has 1 aliphatic heterocycles. The van der Waals surface area contributed by atoms with Crippen LogP contribution in [0.25, 0.3) is 0 Å².